The molecule has 0 aromatic heterocycles. The molecule has 272 valence electrons. The summed E-state index contributed by atoms with van der Waals surface area (Å²) in [6.45, 7) is 5.70. The van der Waals surface area contributed by atoms with Crippen LogP contribution in [0.15, 0.2) is 71.6 Å². The number of hydrogen-bond donors (Lipinski definition) is 3. The summed E-state index contributed by atoms with van der Waals surface area (Å²) < 4.78 is 59.3. The Kier molecular flexibility index (Phi) is 13.6. The van der Waals surface area contributed by atoms with Gasteiger partial charge in [0, 0.05) is 44.0 Å². The van der Waals surface area contributed by atoms with E-state index in [1.54, 1.807) is 31.2 Å². The van der Waals surface area contributed by atoms with Gasteiger partial charge in [0.15, 0.2) is 0 Å². The number of fused-ring (bicyclic) bond motifs is 1. The maximum atomic E-state index is 14.4. The summed E-state index contributed by atoms with van der Waals surface area (Å²) in [6.07, 6.45) is 1.29. The molecule has 0 aliphatic carbocycles. The summed E-state index contributed by atoms with van der Waals surface area (Å²) >= 11 is 0. The number of rotatable bonds is 9. The van der Waals surface area contributed by atoms with Crippen molar-refractivity contribution in [2.24, 2.45) is 5.92 Å². The second-order valence-electron chi connectivity index (χ2n) is 12.6. The first kappa shape index (κ1) is 38.6. The quantitative estimate of drug-likeness (QED) is 0.260. The first-order valence-corrected chi connectivity index (χ1v) is 18.0. The van der Waals surface area contributed by atoms with E-state index in [0.29, 0.717) is 42.3 Å². The molecule has 0 unspecified atom stereocenters. The Hall–Kier alpha value is -4.24. The van der Waals surface area contributed by atoms with Crippen LogP contribution in [0, 0.1) is 11.7 Å². The van der Waals surface area contributed by atoms with Crippen LogP contribution >= 0.6 is 0 Å². The monoisotopic (exact) mass is 714 g/mol. The van der Waals surface area contributed by atoms with Crippen LogP contribution in [0.4, 0.5) is 20.6 Å². The topological polar surface area (TPSA) is 147 Å². The van der Waals surface area contributed by atoms with Crippen LogP contribution in [0.25, 0.3) is 0 Å². The molecule has 1 aliphatic rings. The zero-order valence-corrected chi connectivity index (χ0v) is 29.9. The summed E-state index contributed by atoms with van der Waals surface area (Å²) in [7, 11) is -0.870. The number of halogens is 1. The number of carbonyl (C=O) groups excluding carboxylic acids is 2. The molecule has 0 saturated heterocycles. The van der Waals surface area contributed by atoms with Crippen molar-refractivity contribution < 1.29 is 41.7 Å². The van der Waals surface area contributed by atoms with Crippen molar-refractivity contribution in [3.05, 3.63) is 78.1 Å². The summed E-state index contributed by atoms with van der Waals surface area (Å²) in [6, 6.07) is 15.0. The van der Waals surface area contributed by atoms with E-state index in [9.17, 15) is 27.5 Å². The first-order valence-electron chi connectivity index (χ1n) is 16.6. The summed E-state index contributed by atoms with van der Waals surface area (Å²) in [5, 5.41) is 15.6. The van der Waals surface area contributed by atoms with Crippen LogP contribution in [0.1, 0.15) is 50.4 Å². The second-order valence-corrected chi connectivity index (χ2v) is 14.6. The minimum absolute atomic E-state index is 0.0262. The molecule has 1 aliphatic heterocycles. The maximum absolute atomic E-state index is 14.4. The largest absolute Gasteiger partial charge is 0.497 e. The van der Waals surface area contributed by atoms with Gasteiger partial charge in [-0.05, 0) is 99.8 Å². The van der Waals surface area contributed by atoms with Gasteiger partial charge in [-0.15, -0.1) is 0 Å². The molecule has 4 rings (SSSR count). The van der Waals surface area contributed by atoms with Crippen LogP contribution in [0.5, 0.6) is 11.5 Å². The number of likely N-dealkylation sites (N-methyl/N-ethyl adjacent to an activating group) is 1. The van der Waals surface area contributed by atoms with E-state index >= 15 is 0 Å². The minimum Gasteiger partial charge on any atom is -0.497 e. The third-order valence-corrected chi connectivity index (χ3v) is 10.5. The molecule has 50 heavy (non-hydrogen) atoms. The summed E-state index contributed by atoms with van der Waals surface area (Å²) in [5.74, 6) is -0.386. The van der Waals surface area contributed by atoms with Gasteiger partial charge in [-0.25, -0.2) is 17.6 Å². The highest BCUT2D eigenvalue weighted by Crippen LogP contribution is 2.29. The highest BCUT2D eigenvalue weighted by Gasteiger charge is 2.32. The molecular weight excluding hydrogens is 667 g/mol. The zero-order valence-electron chi connectivity index (χ0n) is 29.1. The predicted molar refractivity (Wildman–Crippen MR) is 189 cm³/mol. The molecule has 3 amide bonds. The van der Waals surface area contributed by atoms with E-state index in [-0.39, 0.29) is 42.2 Å². The Morgan fingerprint density at radius 2 is 1.72 bits per heavy atom. The fourth-order valence-corrected chi connectivity index (χ4v) is 6.75. The molecule has 0 saturated carbocycles. The molecule has 3 aromatic carbocycles. The van der Waals surface area contributed by atoms with Crippen molar-refractivity contribution in [2.45, 2.75) is 63.2 Å². The zero-order chi connectivity index (χ0) is 36.4. The van der Waals surface area contributed by atoms with Crippen molar-refractivity contribution in [1.82, 2.24) is 9.21 Å². The van der Waals surface area contributed by atoms with Gasteiger partial charge < -0.3 is 34.9 Å². The van der Waals surface area contributed by atoms with Gasteiger partial charge in [-0.2, -0.15) is 4.31 Å². The minimum atomic E-state index is -3.87. The number of methoxy groups -OCH3 is 1. The van der Waals surface area contributed by atoms with Gasteiger partial charge in [0.1, 0.15) is 17.3 Å². The molecule has 0 spiro atoms. The lowest BCUT2D eigenvalue weighted by Gasteiger charge is -2.35. The number of sulfonamides is 1. The number of aliphatic hydroxyl groups is 1. The van der Waals surface area contributed by atoms with Gasteiger partial charge >= 0.3 is 6.03 Å². The lowest BCUT2D eigenvalue weighted by molar-refractivity contribution is -0.00834. The van der Waals surface area contributed by atoms with Gasteiger partial charge in [-0.1, -0.05) is 6.92 Å². The number of amides is 3. The smallest absolute Gasteiger partial charge is 0.323 e. The fourth-order valence-electron chi connectivity index (χ4n) is 5.57. The first-order chi connectivity index (χ1) is 23.8. The van der Waals surface area contributed by atoms with Crippen LogP contribution < -0.4 is 20.1 Å². The molecule has 0 bridgehead atoms. The maximum Gasteiger partial charge on any atom is 0.323 e. The number of hydrogen-bond acceptors (Lipinski definition) is 8. The Labute approximate surface area is 293 Å². The van der Waals surface area contributed by atoms with Crippen molar-refractivity contribution in [3.63, 3.8) is 0 Å². The second kappa shape index (κ2) is 17.6. The Morgan fingerprint density at radius 3 is 2.38 bits per heavy atom. The number of anilines is 2. The number of urea groups is 1. The number of ether oxygens (including phenoxy) is 3. The molecule has 3 aromatic rings. The molecular formula is C36H47FN4O8S. The Balaban J connectivity index is 1.61. The van der Waals surface area contributed by atoms with Crippen molar-refractivity contribution in [3.8, 4) is 11.5 Å². The van der Waals surface area contributed by atoms with E-state index in [1.165, 1.54) is 65.8 Å². The van der Waals surface area contributed by atoms with Crippen LogP contribution in [-0.4, -0.2) is 93.4 Å². The number of aliphatic hydroxyl groups excluding tert-OH is 1. The van der Waals surface area contributed by atoms with Gasteiger partial charge in [0.05, 0.1) is 42.4 Å². The highest BCUT2D eigenvalue weighted by atomic mass is 32.2. The number of nitrogens with one attached hydrogen (secondary N) is 2. The van der Waals surface area contributed by atoms with Gasteiger partial charge in [0.2, 0.25) is 10.0 Å². The van der Waals surface area contributed by atoms with Gasteiger partial charge in [-0.3, -0.25) is 4.79 Å². The van der Waals surface area contributed by atoms with E-state index in [0.717, 1.165) is 6.42 Å². The molecule has 14 heteroatoms. The lowest BCUT2D eigenvalue weighted by Crippen LogP contribution is -2.48. The third-order valence-electron chi connectivity index (χ3n) is 8.62. The number of benzene rings is 3. The molecule has 3 N–H and O–H groups in total. The van der Waals surface area contributed by atoms with E-state index in [2.05, 4.69) is 10.6 Å². The molecule has 1 heterocycles. The van der Waals surface area contributed by atoms with E-state index in [4.69, 9.17) is 14.2 Å². The highest BCUT2D eigenvalue weighted by molar-refractivity contribution is 7.89. The fraction of sp³-hybridized carbons (Fsp3) is 0.444. The summed E-state index contributed by atoms with van der Waals surface area (Å²) in [5.41, 5.74) is 0.870. The predicted octanol–water partition coefficient (Wildman–Crippen LogP) is 5.59. The SMILES string of the molecule is COc1ccc(S(=O)(=O)N(C)C[C@H]2OCCCC[C@@H](C)Oc3ccc(NC(=O)Nc4ccc(F)cc4)cc3C(=O)N([C@H](C)CO)C[C@H]2C)cc1. The average Bonchev–Trinajstić information content (AvgIpc) is 3.10. The Bertz CT molecular complexity index is 1690. The lowest BCUT2D eigenvalue weighted by atomic mass is 10.0. The van der Waals surface area contributed by atoms with Crippen LogP contribution in [0.3, 0.4) is 0 Å². The normalized spacial score (nSPS) is 19.9. The van der Waals surface area contributed by atoms with Crippen LogP contribution in [0.2, 0.25) is 0 Å². The van der Waals surface area contributed by atoms with Crippen molar-refractivity contribution in [1.29, 1.82) is 0 Å². The molecule has 0 fully saturated rings. The average molecular weight is 715 g/mol. The molecule has 4 atom stereocenters. The van der Waals surface area contributed by atoms with Crippen molar-refractivity contribution >= 4 is 33.3 Å². The van der Waals surface area contributed by atoms with E-state index in [1.807, 2.05) is 13.8 Å². The van der Waals surface area contributed by atoms with Gasteiger partial charge in [0.25, 0.3) is 5.91 Å². The third kappa shape index (κ3) is 10.2. The Morgan fingerprint density at radius 1 is 1.06 bits per heavy atom. The molecule has 0 radical (unpaired) electrons. The molecule has 12 nitrogen and oxygen atoms in total. The van der Waals surface area contributed by atoms with Crippen LogP contribution in [-0.2, 0) is 14.8 Å². The van der Waals surface area contributed by atoms with E-state index < -0.39 is 39.9 Å². The number of carbonyl (C=O) groups is 2. The van der Waals surface area contributed by atoms with Crippen molar-refractivity contribution in [2.75, 3.05) is 51.1 Å². The summed E-state index contributed by atoms with van der Waals surface area (Å²) in [4.78, 5) is 28.8. The number of nitrogens with zero attached hydrogens (tertiary/aromatic N) is 2. The standard InChI is InChI=1S/C36H47FN4O8S/c1-24-21-41(25(2)23-42)35(43)32-20-29(39-36(44)38-28-11-9-27(37)10-12-28)13-18-33(32)49-26(3)8-6-7-19-48-34(24)22-40(4)50(45,46)31-16-14-30(47-5)15-17-31/h9-18,20,24-26,34,42H,6-8,19,21-23H2,1-5H3,(H2,38,39,44)/t24-,25-,26-,34-/m1/s1.